The van der Waals surface area contributed by atoms with Crippen molar-refractivity contribution in [3.63, 3.8) is 0 Å². The number of methoxy groups -OCH3 is 1. The predicted octanol–water partition coefficient (Wildman–Crippen LogP) is 4.75. The van der Waals surface area contributed by atoms with Gasteiger partial charge in [0.25, 0.3) is 0 Å². The lowest BCUT2D eigenvalue weighted by molar-refractivity contribution is -0.138. The number of hydrogen-bond acceptors (Lipinski definition) is 3. The zero-order valence-electron chi connectivity index (χ0n) is 16.8. The standard InChI is InChI=1S/C24H31NO2/c1-23(2)14-18-4-5-19(27-3)9-20(18)21(25-23)10-22(26)24-11-15-6-16(12-24)8-17(7-15)13-24/h4-5,9-10,15-17,25H,6-8,11-14H2,1-3H3/b21-10-. The van der Waals surface area contributed by atoms with Crippen LogP contribution in [0.3, 0.4) is 0 Å². The van der Waals surface area contributed by atoms with Crippen LogP contribution in [0, 0.1) is 23.2 Å². The smallest absolute Gasteiger partial charge is 0.163 e. The van der Waals surface area contributed by atoms with E-state index in [2.05, 4.69) is 31.3 Å². The SMILES string of the molecule is COc1ccc2c(c1)/C(=C/C(=O)C13CC4CC(CC(C4)C1)C3)NC(C)(C)C2. The van der Waals surface area contributed by atoms with Gasteiger partial charge in [-0.2, -0.15) is 0 Å². The third-order valence-electron chi connectivity index (χ3n) is 7.55. The van der Waals surface area contributed by atoms with E-state index in [0.717, 1.165) is 60.4 Å². The topological polar surface area (TPSA) is 38.3 Å². The van der Waals surface area contributed by atoms with Crippen LogP contribution in [0.1, 0.15) is 63.5 Å². The van der Waals surface area contributed by atoms with Crippen LogP contribution in [-0.2, 0) is 11.2 Å². The Bertz CT molecular complexity index is 784. The van der Waals surface area contributed by atoms with Crippen LogP contribution in [-0.4, -0.2) is 18.4 Å². The van der Waals surface area contributed by atoms with Crippen LogP contribution < -0.4 is 10.1 Å². The van der Waals surface area contributed by atoms with E-state index in [-0.39, 0.29) is 11.0 Å². The van der Waals surface area contributed by atoms with E-state index in [1.54, 1.807) is 7.11 Å². The minimum absolute atomic E-state index is 0.0465. The molecule has 1 heterocycles. The molecule has 1 N–H and O–H groups in total. The fourth-order valence-corrected chi connectivity index (χ4v) is 6.85. The highest BCUT2D eigenvalue weighted by atomic mass is 16.5. The third-order valence-corrected chi connectivity index (χ3v) is 7.55. The van der Waals surface area contributed by atoms with Gasteiger partial charge in [-0.25, -0.2) is 0 Å². The van der Waals surface area contributed by atoms with E-state index >= 15 is 0 Å². The van der Waals surface area contributed by atoms with E-state index in [1.807, 2.05) is 12.1 Å². The van der Waals surface area contributed by atoms with Crippen LogP contribution in [0.4, 0.5) is 0 Å². The first kappa shape index (κ1) is 17.3. The molecule has 4 saturated carbocycles. The summed E-state index contributed by atoms with van der Waals surface area (Å²) in [5.41, 5.74) is 3.29. The molecule has 0 saturated heterocycles. The van der Waals surface area contributed by atoms with Gasteiger partial charge >= 0.3 is 0 Å². The van der Waals surface area contributed by atoms with Crippen LogP contribution in [0.5, 0.6) is 5.75 Å². The Morgan fingerprint density at radius 3 is 2.33 bits per heavy atom. The van der Waals surface area contributed by atoms with E-state index < -0.39 is 0 Å². The molecule has 4 bridgehead atoms. The Kier molecular flexibility index (Phi) is 3.76. The molecular formula is C24H31NO2. The molecule has 1 aliphatic heterocycles. The summed E-state index contributed by atoms with van der Waals surface area (Å²) in [6.07, 6.45) is 10.4. The van der Waals surface area contributed by atoms with Crippen LogP contribution in [0.15, 0.2) is 24.3 Å². The van der Waals surface area contributed by atoms with Crippen molar-refractivity contribution in [1.82, 2.24) is 5.32 Å². The Morgan fingerprint density at radius 1 is 1.11 bits per heavy atom. The summed E-state index contributed by atoms with van der Waals surface area (Å²) in [7, 11) is 1.70. The van der Waals surface area contributed by atoms with Crippen molar-refractivity contribution in [2.45, 2.75) is 64.3 Å². The highest BCUT2D eigenvalue weighted by Gasteiger charge is 2.54. The average Bonchev–Trinajstić information content (AvgIpc) is 2.59. The molecule has 0 spiro atoms. The number of ether oxygens (including phenoxy) is 1. The summed E-state index contributed by atoms with van der Waals surface area (Å²) < 4.78 is 5.45. The van der Waals surface area contributed by atoms with Crippen molar-refractivity contribution in [3.8, 4) is 5.75 Å². The fraction of sp³-hybridized carbons (Fsp3) is 0.625. The minimum atomic E-state index is -0.0793. The van der Waals surface area contributed by atoms with Gasteiger partial charge in [0.2, 0.25) is 0 Å². The number of nitrogens with one attached hydrogen (secondary N) is 1. The van der Waals surface area contributed by atoms with Gasteiger partial charge < -0.3 is 10.1 Å². The number of fused-ring (bicyclic) bond motifs is 1. The highest BCUT2D eigenvalue weighted by Crippen LogP contribution is 2.60. The molecular weight excluding hydrogens is 334 g/mol. The Morgan fingerprint density at radius 2 is 1.74 bits per heavy atom. The van der Waals surface area contributed by atoms with Crippen LogP contribution >= 0.6 is 0 Å². The lowest BCUT2D eigenvalue weighted by Gasteiger charge is -2.55. The van der Waals surface area contributed by atoms with E-state index in [1.165, 1.54) is 24.8 Å². The summed E-state index contributed by atoms with van der Waals surface area (Å²) in [6, 6.07) is 6.26. The van der Waals surface area contributed by atoms with E-state index in [9.17, 15) is 4.79 Å². The normalized spacial score (nSPS) is 37.0. The molecule has 0 unspecified atom stereocenters. The second-order valence-electron chi connectivity index (χ2n) is 10.3. The fourth-order valence-electron chi connectivity index (χ4n) is 6.85. The number of rotatable bonds is 3. The van der Waals surface area contributed by atoms with Gasteiger partial charge in [0.1, 0.15) is 5.75 Å². The highest BCUT2D eigenvalue weighted by molar-refractivity contribution is 6.01. The molecule has 27 heavy (non-hydrogen) atoms. The van der Waals surface area contributed by atoms with Crippen molar-refractivity contribution in [2.24, 2.45) is 23.2 Å². The average molecular weight is 366 g/mol. The van der Waals surface area contributed by atoms with Gasteiger partial charge in [-0.1, -0.05) is 6.07 Å². The van der Waals surface area contributed by atoms with E-state index in [0.29, 0.717) is 5.78 Å². The number of benzene rings is 1. The monoisotopic (exact) mass is 365 g/mol. The first-order chi connectivity index (χ1) is 12.9. The Labute approximate surface area is 162 Å². The van der Waals surface area contributed by atoms with Gasteiger partial charge in [0, 0.05) is 28.3 Å². The molecule has 0 atom stereocenters. The number of carbonyl (C=O) groups is 1. The summed E-state index contributed by atoms with van der Waals surface area (Å²) in [4.78, 5) is 13.6. The minimum Gasteiger partial charge on any atom is -0.497 e. The van der Waals surface area contributed by atoms with Crippen LogP contribution in [0.25, 0.3) is 5.70 Å². The third kappa shape index (κ3) is 2.90. The summed E-state index contributed by atoms with van der Waals surface area (Å²) in [6.45, 7) is 4.42. The second kappa shape index (κ2) is 5.86. The van der Waals surface area contributed by atoms with Crippen molar-refractivity contribution < 1.29 is 9.53 Å². The van der Waals surface area contributed by atoms with Gasteiger partial charge in [-0.05, 0) is 94.2 Å². The maximum absolute atomic E-state index is 13.6. The number of allylic oxidation sites excluding steroid dienone is 1. The molecule has 5 aliphatic rings. The molecule has 3 nitrogen and oxygen atoms in total. The second-order valence-corrected chi connectivity index (χ2v) is 10.3. The van der Waals surface area contributed by atoms with Crippen molar-refractivity contribution in [2.75, 3.05) is 7.11 Å². The number of hydrogen-bond donors (Lipinski definition) is 1. The lowest BCUT2D eigenvalue weighted by Crippen LogP contribution is -2.50. The lowest BCUT2D eigenvalue weighted by atomic mass is 9.48. The Hall–Kier alpha value is -1.77. The predicted molar refractivity (Wildman–Crippen MR) is 108 cm³/mol. The van der Waals surface area contributed by atoms with Crippen molar-refractivity contribution in [1.29, 1.82) is 0 Å². The summed E-state index contributed by atoms with van der Waals surface area (Å²) in [5.74, 6) is 3.60. The first-order valence-corrected chi connectivity index (χ1v) is 10.6. The maximum Gasteiger partial charge on any atom is 0.163 e. The molecule has 0 amide bonds. The molecule has 144 valence electrons. The zero-order valence-corrected chi connectivity index (χ0v) is 16.8. The number of carbonyl (C=O) groups excluding carboxylic acids is 1. The summed E-state index contributed by atoms with van der Waals surface area (Å²) >= 11 is 0. The van der Waals surface area contributed by atoms with Crippen LogP contribution in [0.2, 0.25) is 0 Å². The van der Waals surface area contributed by atoms with Crippen molar-refractivity contribution >= 4 is 11.5 Å². The van der Waals surface area contributed by atoms with Gasteiger partial charge in [-0.3, -0.25) is 4.79 Å². The Balaban J connectivity index is 1.52. The molecule has 4 aliphatic carbocycles. The molecule has 0 radical (unpaired) electrons. The van der Waals surface area contributed by atoms with E-state index in [4.69, 9.17) is 4.74 Å². The maximum atomic E-state index is 13.6. The van der Waals surface area contributed by atoms with Crippen molar-refractivity contribution in [3.05, 3.63) is 35.4 Å². The summed E-state index contributed by atoms with van der Waals surface area (Å²) in [5, 5.41) is 3.65. The van der Waals surface area contributed by atoms with Gasteiger partial charge in [-0.15, -0.1) is 0 Å². The molecule has 1 aromatic carbocycles. The van der Waals surface area contributed by atoms with Gasteiger partial charge in [0.15, 0.2) is 5.78 Å². The quantitative estimate of drug-likeness (QED) is 0.786. The molecule has 1 aromatic rings. The zero-order chi connectivity index (χ0) is 18.8. The first-order valence-electron chi connectivity index (χ1n) is 10.6. The molecule has 0 aromatic heterocycles. The molecule has 4 fully saturated rings. The largest absolute Gasteiger partial charge is 0.497 e. The molecule has 3 heteroatoms. The number of ketones is 1. The van der Waals surface area contributed by atoms with Gasteiger partial charge in [0.05, 0.1) is 7.11 Å². The molecule has 6 rings (SSSR count).